The number of piperidine rings is 3. The van der Waals surface area contributed by atoms with Gasteiger partial charge in [0.15, 0.2) is 21.3 Å². The van der Waals surface area contributed by atoms with Gasteiger partial charge in [-0.25, -0.2) is 23.2 Å². The predicted octanol–water partition coefficient (Wildman–Crippen LogP) is 1.83. The molecule has 19 heteroatoms. The number of primary amides is 1. The zero-order valence-electron chi connectivity index (χ0n) is 30.8. The normalized spacial score (nSPS) is 20.4. The minimum atomic E-state index is -3.40. The molecule has 2 aromatic carbocycles. The van der Waals surface area contributed by atoms with E-state index >= 15 is 0 Å². The first-order valence-corrected chi connectivity index (χ1v) is 20.1. The van der Waals surface area contributed by atoms with Crippen LogP contribution in [0.25, 0.3) is 0 Å². The van der Waals surface area contributed by atoms with E-state index < -0.39 is 51.5 Å². The second-order valence-electron chi connectivity index (χ2n) is 14.3. The Morgan fingerprint density at radius 1 is 0.946 bits per heavy atom. The first kappa shape index (κ1) is 38.2. The SMILES string of the molecule is CN(C(=O)OC1CCN(c2ccc3c(c2)C(=O)N(C2CCC(=O)NC2=O)C3=O)CC1)[C@@H]1CCCN(c2cnc(C(N)=O)c(Nc3ccc(S(C)(=O)=O)cc3)n2)C1. The lowest BCUT2D eigenvalue weighted by Gasteiger charge is -2.39. The highest BCUT2D eigenvalue weighted by Gasteiger charge is 2.45. The van der Waals surface area contributed by atoms with Crippen molar-refractivity contribution in [2.24, 2.45) is 5.73 Å². The third-order valence-corrected chi connectivity index (χ3v) is 11.7. The summed E-state index contributed by atoms with van der Waals surface area (Å²) in [6.45, 7) is 2.13. The maximum absolute atomic E-state index is 13.4. The number of imide groups is 2. The number of sulfone groups is 1. The number of nitrogens with two attached hydrogens (primary N) is 1. The van der Waals surface area contributed by atoms with Gasteiger partial charge >= 0.3 is 6.09 Å². The van der Waals surface area contributed by atoms with Crippen LogP contribution in [0, 0.1) is 0 Å². The zero-order valence-corrected chi connectivity index (χ0v) is 31.6. The molecule has 1 aromatic heterocycles. The van der Waals surface area contributed by atoms with E-state index in [2.05, 4.69) is 25.5 Å². The number of carbonyl (C=O) groups is 6. The van der Waals surface area contributed by atoms with Crippen LogP contribution in [0.5, 0.6) is 0 Å². The van der Waals surface area contributed by atoms with E-state index in [1.165, 1.54) is 18.3 Å². The number of aromatic nitrogens is 2. The van der Waals surface area contributed by atoms with Crippen molar-refractivity contribution in [3.05, 3.63) is 65.5 Å². The van der Waals surface area contributed by atoms with Crippen molar-refractivity contribution in [3.63, 3.8) is 0 Å². The molecule has 0 bridgehead atoms. The summed E-state index contributed by atoms with van der Waals surface area (Å²) in [6.07, 6.45) is 4.44. The van der Waals surface area contributed by atoms with E-state index in [1.807, 2.05) is 4.90 Å². The van der Waals surface area contributed by atoms with Crippen LogP contribution < -0.4 is 26.2 Å². The minimum Gasteiger partial charge on any atom is -0.446 e. The molecule has 4 aliphatic heterocycles. The first-order valence-electron chi connectivity index (χ1n) is 18.2. The molecule has 294 valence electrons. The molecule has 4 N–H and O–H groups in total. The summed E-state index contributed by atoms with van der Waals surface area (Å²) < 4.78 is 29.7. The van der Waals surface area contributed by atoms with Gasteiger partial charge in [-0.15, -0.1) is 0 Å². The van der Waals surface area contributed by atoms with Gasteiger partial charge in [0.25, 0.3) is 17.7 Å². The van der Waals surface area contributed by atoms with Gasteiger partial charge in [-0.1, -0.05) is 0 Å². The Kier molecular flexibility index (Phi) is 10.4. The Bertz CT molecular complexity index is 2230. The number of anilines is 4. The van der Waals surface area contributed by atoms with Crippen LogP contribution in [-0.4, -0.2) is 121 Å². The summed E-state index contributed by atoms with van der Waals surface area (Å²) in [6, 6.07) is 9.73. The van der Waals surface area contributed by atoms with Gasteiger partial charge in [-0.05, 0) is 61.7 Å². The average Bonchev–Trinajstić information content (AvgIpc) is 3.42. The average molecular weight is 788 g/mol. The van der Waals surface area contributed by atoms with E-state index in [-0.39, 0.29) is 52.5 Å². The number of likely N-dealkylation sites (N-methyl/N-ethyl adjacent to an activating group) is 1. The van der Waals surface area contributed by atoms with Crippen LogP contribution in [0.4, 0.5) is 27.8 Å². The molecule has 0 spiro atoms. The van der Waals surface area contributed by atoms with Crippen molar-refractivity contribution in [2.75, 3.05) is 54.6 Å². The number of fused-ring (bicyclic) bond motifs is 1. The summed E-state index contributed by atoms with van der Waals surface area (Å²) in [7, 11) is -1.70. The summed E-state index contributed by atoms with van der Waals surface area (Å²) in [5, 5.41) is 5.22. The van der Waals surface area contributed by atoms with E-state index in [0.29, 0.717) is 50.5 Å². The molecule has 0 aliphatic carbocycles. The Morgan fingerprint density at radius 3 is 2.34 bits per heavy atom. The van der Waals surface area contributed by atoms with Crippen LogP contribution in [-0.2, 0) is 24.2 Å². The van der Waals surface area contributed by atoms with Gasteiger partial charge in [0.05, 0.1) is 28.3 Å². The number of nitrogens with zero attached hydrogens (tertiary/aromatic N) is 6. The molecule has 56 heavy (non-hydrogen) atoms. The number of amides is 6. The number of carbonyl (C=O) groups excluding carboxylic acids is 6. The number of benzene rings is 2. The van der Waals surface area contributed by atoms with Crippen molar-refractivity contribution in [1.82, 2.24) is 25.1 Å². The van der Waals surface area contributed by atoms with Crippen molar-refractivity contribution in [1.29, 1.82) is 0 Å². The molecule has 6 amide bonds. The van der Waals surface area contributed by atoms with Gasteiger partial charge in [0, 0.05) is 70.1 Å². The van der Waals surface area contributed by atoms with Crippen LogP contribution in [0.3, 0.4) is 0 Å². The molecule has 3 aromatic rings. The topological polar surface area (TPSA) is 235 Å². The summed E-state index contributed by atoms with van der Waals surface area (Å²) in [5.74, 6) is -2.44. The monoisotopic (exact) mass is 787 g/mol. The largest absolute Gasteiger partial charge is 0.446 e. The van der Waals surface area contributed by atoms with Crippen molar-refractivity contribution < 1.29 is 41.9 Å². The first-order chi connectivity index (χ1) is 26.7. The summed E-state index contributed by atoms with van der Waals surface area (Å²) in [4.78, 5) is 91.6. The van der Waals surface area contributed by atoms with Crippen molar-refractivity contribution >= 4 is 68.5 Å². The second kappa shape index (κ2) is 15.2. The van der Waals surface area contributed by atoms with E-state index in [0.717, 1.165) is 29.7 Å². The Morgan fingerprint density at radius 2 is 1.66 bits per heavy atom. The molecule has 0 saturated carbocycles. The quantitative estimate of drug-likeness (QED) is 0.263. The Hall–Kier alpha value is -6.11. The van der Waals surface area contributed by atoms with Crippen LogP contribution >= 0.6 is 0 Å². The molecule has 2 atom stereocenters. The molecule has 7 rings (SSSR count). The Balaban J connectivity index is 0.942. The second-order valence-corrected chi connectivity index (χ2v) is 16.3. The van der Waals surface area contributed by atoms with Crippen LogP contribution in [0.15, 0.2) is 53.6 Å². The zero-order chi connectivity index (χ0) is 39.9. The highest BCUT2D eigenvalue weighted by molar-refractivity contribution is 7.90. The molecule has 3 fully saturated rings. The van der Waals surface area contributed by atoms with Crippen LogP contribution in [0.2, 0.25) is 0 Å². The lowest BCUT2D eigenvalue weighted by atomic mass is 10.0. The third kappa shape index (κ3) is 7.71. The fourth-order valence-electron chi connectivity index (χ4n) is 7.46. The maximum Gasteiger partial charge on any atom is 0.410 e. The molecular formula is C37H41N9O9S. The molecule has 3 saturated heterocycles. The van der Waals surface area contributed by atoms with Gasteiger partial charge < -0.3 is 30.5 Å². The predicted molar refractivity (Wildman–Crippen MR) is 201 cm³/mol. The Labute approximate surface area is 322 Å². The smallest absolute Gasteiger partial charge is 0.410 e. The van der Waals surface area contributed by atoms with E-state index in [4.69, 9.17) is 10.5 Å². The van der Waals surface area contributed by atoms with Gasteiger partial charge in [0.1, 0.15) is 18.0 Å². The fourth-order valence-corrected chi connectivity index (χ4v) is 8.09. The van der Waals surface area contributed by atoms with Gasteiger partial charge in [0.2, 0.25) is 11.8 Å². The number of ether oxygens (including phenoxy) is 1. The maximum atomic E-state index is 13.4. The number of nitrogens with one attached hydrogen (secondary N) is 2. The van der Waals surface area contributed by atoms with E-state index in [1.54, 1.807) is 42.3 Å². The highest BCUT2D eigenvalue weighted by Crippen LogP contribution is 2.32. The van der Waals surface area contributed by atoms with Gasteiger partial charge in [-0.3, -0.25) is 34.2 Å². The molecular weight excluding hydrogens is 747 g/mol. The number of rotatable bonds is 9. The highest BCUT2D eigenvalue weighted by atomic mass is 32.2. The minimum absolute atomic E-state index is 0.0432. The lowest BCUT2D eigenvalue weighted by Crippen LogP contribution is -2.54. The lowest BCUT2D eigenvalue weighted by molar-refractivity contribution is -0.136. The van der Waals surface area contributed by atoms with Crippen LogP contribution in [0.1, 0.15) is 69.7 Å². The van der Waals surface area contributed by atoms with Crippen molar-refractivity contribution in [2.45, 2.75) is 61.6 Å². The molecule has 4 aliphatic rings. The molecule has 18 nitrogen and oxygen atoms in total. The molecule has 0 radical (unpaired) electrons. The number of hydrogen-bond donors (Lipinski definition) is 3. The summed E-state index contributed by atoms with van der Waals surface area (Å²) >= 11 is 0. The van der Waals surface area contributed by atoms with Crippen molar-refractivity contribution in [3.8, 4) is 0 Å². The fraction of sp³-hybridized carbons (Fsp3) is 0.405. The van der Waals surface area contributed by atoms with E-state index in [9.17, 15) is 37.2 Å². The summed E-state index contributed by atoms with van der Waals surface area (Å²) in [5.41, 5.74) is 7.11. The molecule has 5 heterocycles. The standard InChI is InChI=1S/C37H41N9O9S/c1-43(23-4-3-15-45(20-23)29-19-39-31(32(38)48)33(41-29)40-21-5-8-25(9-6-21)56(2,53)54)37(52)55-24-13-16-44(17-14-24)22-7-10-26-27(18-22)36(51)46(35(26)50)28-11-12-30(47)42-34(28)49/h5-10,18-19,23-24,28H,3-4,11-17,20H2,1-2H3,(H2,38,48)(H,40,41)(H,42,47,49)/t23-,28?/m1/s1. The molecule has 1 unspecified atom stereocenters. The third-order valence-electron chi connectivity index (χ3n) is 10.6. The van der Waals surface area contributed by atoms with Gasteiger partial charge in [-0.2, -0.15) is 0 Å². The number of hydrogen-bond acceptors (Lipinski definition) is 14.